The zero-order valence-corrected chi connectivity index (χ0v) is 9.39. The predicted molar refractivity (Wildman–Crippen MR) is 66.2 cm³/mol. The Morgan fingerprint density at radius 1 is 1.13 bits per heavy atom. The van der Waals surface area contributed by atoms with Crippen LogP contribution in [0.2, 0.25) is 0 Å². The molecule has 1 aliphatic rings. The first kappa shape index (κ1) is 11.9. The van der Waals surface area contributed by atoms with Crippen LogP contribution in [-0.4, -0.2) is 18.9 Å². The molecule has 0 amide bonds. The average molecular weight is 226 g/mol. The van der Waals surface area contributed by atoms with E-state index < -0.39 is 0 Å². The fourth-order valence-electron chi connectivity index (χ4n) is 1.83. The van der Waals surface area contributed by atoms with E-state index in [9.17, 15) is 0 Å². The van der Waals surface area contributed by atoms with E-state index in [0.29, 0.717) is 0 Å². The molecule has 0 saturated carbocycles. The van der Waals surface area contributed by atoms with Gasteiger partial charge in [-0.3, -0.25) is 5.41 Å². The summed E-state index contributed by atoms with van der Waals surface area (Å²) in [5, 5.41) is 7.28. The number of rotatable bonds is 2. The van der Waals surface area contributed by atoms with Gasteiger partial charge in [0.1, 0.15) is 5.84 Å². The highest BCUT2D eigenvalue weighted by molar-refractivity contribution is 5.95. The van der Waals surface area contributed by atoms with Crippen molar-refractivity contribution >= 4 is 23.9 Å². The van der Waals surface area contributed by atoms with Crippen molar-refractivity contribution in [1.82, 2.24) is 0 Å². The topological polar surface area (TPSA) is 53.1 Å². The lowest BCUT2D eigenvalue weighted by molar-refractivity contribution is 0.949. The molecule has 0 atom stereocenters. The van der Waals surface area contributed by atoms with Crippen molar-refractivity contribution < 1.29 is 0 Å². The fourth-order valence-corrected chi connectivity index (χ4v) is 1.83. The quantitative estimate of drug-likeness (QED) is 0.598. The molecule has 1 heterocycles. The second-order valence-corrected chi connectivity index (χ2v) is 3.65. The van der Waals surface area contributed by atoms with Crippen molar-refractivity contribution in [2.24, 2.45) is 5.73 Å². The number of halogens is 1. The molecule has 82 valence electrons. The smallest absolute Gasteiger partial charge is 0.122 e. The van der Waals surface area contributed by atoms with Crippen molar-refractivity contribution in [2.75, 3.05) is 18.0 Å². The van der Waals surface area contributed by atoms with Crippen molar-refractivity contribution in [2.45, 2.75) is 12.8 Å². The molecule has 4 heteroatoms. The summed E-state index contributed by atoms with van der Waals surface area (Å²) >= 11 is 0. The van der Waals surface area contributed by atoms with Crippen LogP contribution in [-0.2, 0) is 0 Å². The van der Waals surface area contributed by atoms with Crippen molar-refractivity contribution in [3.63, 3.8) is 0 Å². The highest BCUT2D eigenvalue weighted by Crippen LogP contribution is 2.20. The maximum atomic E-state index is 7.28. The summed E-state index contributed by atoms with van der Waals surface area (Å²) in [6, 6.07) is 7.91. The van der Waals surface area contributed by atoms with Gasteiger partial charge in [-0.2, -0.15) is 0 Å². The van der Waals surface area contributed by atoms with Gasteiger partial charge in [0.15, 0.2) is 0 Å². The highest BCUT2D eigenvalue weighted by atomic mass is 35.5. The third kappa shape index (κ3) is 2.63. The number of nitrogens with zero attached hydrogens (tertiary/aromatic N) is 1. The van der Waals surface area contributed by atoms with Gasteiger partial charge in [-0.1, -0.05) is 0 Å². The van der Waals surface area contributed by atoms with Crippen LogP contribution >= 0.6 is 12.4 Å². The van der Waals surface area contributed by atoms with Gasteiger partial charge >= 0.3 is 0 Å². The van der Waals surface area contributed by atoms with Gasteiger partial charge in [0.05, 0.1) is 0 Å². The highest BCUT2D eigenvalue weighted by Gasteiger charge is 2.11. The van der Waals surface area contributed by atoms with Gasteiger partial charge < -0.3 is 10.6 Å². The lowest BCUT2D eigenvalue weighted by atomic mass is 10.2. The minimum atomic E-state index is 0. The third-order valence-electron chi connectivity index (χ3n) is 2.65. The second-order valence-electron chi connectivity index (χ2n) is 3.65. The molecule has 1 aromatic carbocycles. The Morgan fingerprint density at radius 3 is 2.13 bits per heavy atom. The largest absolute Gasteiger partial charge is 0.384 e. The first-order valence-corrected chi connectivity index (χ1v) is 4.97. The van der Waals surface area contributed by atoms with Gasteiger partial charge in [-0.05, 0) is 37.1 Å². The molecular weight excluding hydrogens is 210 g/mol. The van der Waals surface area contributed by atoms with Crippen LogP contribution < -0.4 is 10.6 Å². The summed E-state index contributed by atoms with van der Waals surface area (Å²) in [4.78, 5) is 2.36. The van der Waals surface area contributed by atoms with E-state index in [4.69, 9.17) is 11.1 Å². The number of amidine groups is 1. The predicted octanol–water partition coefficient (Wildman–Crippen LogP) is 1.99. The number of hydrogen-bond donors (Lipinski definition) is 2. The Labute approximate surface area is 96.2 Å². The summed E-state index contributed by atoms with van der Waals surface area (Å²) in [5.74, 6) is 0.137. The zero-order valence-electron chi connectivity index (χ0n) is 8.57. The molecule has 1 aromatic rings. The zero-order chi connectivity index (χ0) is 9.97. The number of benzene rings is 1. The van der Waals surface area contributed by atoms with Crippen LogP contribution in [0.5, 0.6) is 0 Å². The third-order valence-corrected chi connectivity index (χ3v) is 2.65. The lowest BCUT2D eigenvalue weighted by Crippen LogP contribution is -2.18. The Balaban J connectivity index is 0.00000112. The normalized spacial score (nSPS) is 14.8. The van der Waals surface area contributed by atoms with Gasteiger partial charge in [-0.25, -0.2) is 0 Å². The minimum absolute atomic E-state index is 0. The second kappa shape index (κ2) is 5.03. The van der Waals surface area contributed by atoms with Crippen molar-refractivity contribution in [3.8, 4) is 0 Å². The lowest BCUT2D eigenvalue weighted by Gasteiger charge is -2.17. The standard InChI is InChI=1S/C11H15N3.ClH/c12-11(13)9-3-5-10(6-4-9)14-7-1-2-8-14;/h3-6H,1-2,7-8H2,(H3,12,13);1H. The van der Waals surface area contributed by atoms with E-state index in [-0.39, 0.29) is 18.2 Å². The SMILES string of the molecule is Cl.N=C(N)c1ccc(N2CCCC2)cc1. The van der Waals surface area contributed by atoms with E-state index in [1.807, 2.05) is 24.3 Å². The van der Waals surface area contributed by atoms with E-state index in [0.717, 1.165) is 18.7 Å². The van der Waals surface area contributed by atoms with Crippen LogP contribution in [0.1, 0.15) is 18.4 Å². The molecule has 0 bridgehead atoms. The monoisotopic (exact) mass is 225 g/mol. The Morgan fingerprint density at radius 2 is 1.67 bits per heavy atom. The Hall–Kier alpha value is -1.22. The van der Waals surface area contributed by atoms with Gasteiger partial charge in [-0.15, -0.1) is 12.4 Å². The van der Waals surface area contributed by atoms with Crippen LogP contribution in [0.4, 0.5) is 5.69 Å². The molecule has 1 fully saturated rings. The molecule has 1 aliphatic heterocycles. The molecule has 3 N–H and O–H groups in total. The molecule has 0 aromatic heterocycles. The summed E-state index contributed by atoms with van der Waals surface area (Å²) in [7, 11) is 0. The first-order chi connectivity index (χ1) is 6.77. The summed E-state index contributed by atoms with van der Waals surface area (Å²) in [6.07, 6.45) is 2.57. The molecular formula is C11H16ClN3. The average Bonchev–Trinajstić information content (AvgIpc) is 2.71. The maximum absolute atomic E-state index is 7.28. The van der Waals surface area contributed by atoms with Crippen molar-refractivity contribution in [1.29, 1.82) is 5.41 Å². The summed E-state index contributed by atoms with van der Waals surface area (Å²) < 4.78 is 0. The molecule has 0 radical (unpaired) electrons. The molecule has 0 unspecified atom stereocenters. The van der Waals surface area contributed by atoms with Crippen LogP contribution in [0.3, 0.4) is 0 Å². The molecule has 1 saturated heterocycles. The first-order valence-electron chi connectivity index (χ1n) is 4.97. The van der Waals surface area contributed by atoms with Crippen LogP contribution in [0.15, 0.2) is 24.3 Å². The number of nitrogen functional groups attached to an aromatic ring is 1. The Kier molecular flexibility index (Phi) is 3.97. The minimum Gasteiger partial charge on any atom is -0.384 e. The fraction of sp³-hybridized carbons (Fsp3) is 0.364. The van der Waals surface area contributed by atoms with E-state index in [1.54, 1.807) is 0 Å². The number of hydrogen-bond acceptors (Lipinski definition) is 2. The number of anilines is 1. The van der Waals surface area contributed by atoms with Gasteiger partial charge in [0.25, 0.3) is 0 Å². The maximum Gasteiger partial charge on any atom is 0.122 e. The number of nitrogens with two attached hydrogens (primary N) is 1. The summed E-state index contributed by atoms with van der Waals surface area (Å²) in [5.41, 5.74) is 7.43. The molecule has 0 aliphatic carbocycles. The van der Waals surface area contributed by atoms with Gasteiger partial charge in [0.2, 0.25) is 0 Å². The van der Waals surface area contributed by atoms with Crippen LogP contribution in [0, 0.1) is 5.41 Å². The van der Waals surface area contributed by atoms with Crippen LogP contribution in [0.25, 0.3) is 0 Å². The van der Waals surface area contributed by atoms with E-state index in [1.165, 1.54) is 18.5 Å². The molecule has 0 spiro atoms. The summed E-state index contributed by atoms with van der Waals surface area (Å²) in [6.45, 7) is 2.30. The Bertz CT molecular complexity index is 328. The van der Waals surface area contributed by atoms with Gasteiger partial charge in [0, 0.05) is 24.3 Å². The van der Waals surface area contributed by atoms with Crippen molar-refractivity contribution in [3.05, 3.63) is 29.8 Å². The molecule has 2 rings (SSSR count). The van der Waals surface area contributed by atoms with E-state index in [2.05, 4.69) is 4.90 Å². The molecule has 3 nitrogen and oxygen atoms in total. The van der Waals surface area contributed by atoms with E-state index >= 15 is 0 Å². The molecule has 15 heavy (non-hydrogen) atoms. The number of nitrogens with one attached hydrogen (secondary N) is 1.